The van der Waals surface area contributed by atoms with Crippen LogP contribution < -0.4 is 14.4 Å². The number of amides is 1. The summed E-state index contributed by atoms with van der Waals surface area (Å²) in [6, 6.07) is 13.5. The Morgan fingerprint density at radius 3 is 2.58 bits per heavy atom. The summed E-state index contributed by atoms with van der Waals surface area (Å²) >= 11 is 0. The summed E-state index contributed by atoms with van der Waals surface area (Å²) < 4.78 is 11.2. The summed E-state index contributed by atoms with van der Waals surface area (Å²) in [4.78, 5) is 14.9. The van der Waals surface area contributed by atoms with Crippen LogP contribution in [0, 0.1) is 0 Å². The van der Waals surface area contributed by atoms with Gasteiger partial charge in [0.15, 0.2) is 11.5 Å². The number of carbonyl (C=O) groups excluding carboxylic acids is 1. The minimum absolute atomic E-state index is 0.00570. The fraction of sp³-hybridized carbons (Fsp3) is 0.350. The van der Waals surface area contributed by atoms with Gasteiger partial charge in [0.2, 0.25) is 0 Å². The Hall–Kier alpha value is -2.49. The first-order chi connectivity index (χ1) is 11.7. The Balaban J connectivity index is 1.92. The number of rotatable bonds is 5. The average molecular weight is 325 g/mol. The molecule has 1 amide bonds. The fourth-order valence-corrected chi connectivity index (χ4v) is 3.08. The van der Waals surface area contributed by atoms with Crippen LogP contribution in [0.15, 0.2) is 42.5 Å². The van der Waals surface area contributed by atoms with Crippen LogP contribution >= 0.6 is 0 Å². The minimum Gasteiger partial charge on any atom is -0.490 e. The van der Waals surface area contributed by atoms with E-state index in [1.54, 1.807) is 6.07 Å². The van der Waals surface area contributed by atoms with Gasteiger partial charge in [0.25, 0.3) is 5.91 Å². The van der Waals surface area contributed by atoms with Gasteiger partial charge in [0, 0.05) is 17.8 Å². The van der Waals surface area contributed by atoms with Crippen molar-refractivity contribution >= 4 is 11.6 Å². The summed E-state index contributed by atoms with van der Waals surface area (Å²) in [5.41, 5.74) is 2.87. The fourth-order valence-electron chi connectivity index (χ4n) is 3.08. The van der Waals surface area contributed by atoms with Crippen molar-refractivity contribution in [3.05, 3.63) is 53.6 Å². The molecular formula is C20H23NO3. The lowest BCUT2D eigenvalue weighted by Crippen LogP contribution is -2.35. The van der Waals surface area contributed by atoms with E-state index in [0.29, 0.717) is 30.3 Å². The average Bonchev–Trinajstić information content (AvgIpc) is 2.62. The molecule has 1 heterocycles. The molecule has 24 heavy (non-hydrogen) atoms. The molecule has 0 bridgehead atoms. The second kappa shape index (κ2) is 7.39. The maximum atomic E-state index is 13.0. The molecule has 0 radical (unpaired) electrons. The number of hydrogen-bond acceptors (Lipinski definition) is 3. The molecule has 0 spiro atoms. The van der Waals surface area contributed by atoms with Crippen molar-refractivity contribution in [1.82, 2.24) is 0 Å². The third-order valence-corrected chi connectivity index (χ3v) is 4.15. The van der Waals surface area contributed by atoms with E-state index in [2.05, 4.69) is 6.07 Å². The van der Waals surface area contributed by atoms with Gasteiger partial charge in [-0.1, -0.05) is 18.2 Å². The maximum Gasteiger partial charge on any atom is 0.258 e. The topological polar surface area (TPSA) is 38.8 Å². The molecule has 3 rings (SSSR count). The lowest BCUT2D eigenvalue weighted by atomic mass is 10.0. The molecule has 126 valence electrons. The molecular weight excluding hydrogens is 302 g/mol. The summed E-state index contributed by atoms with van der Waals surface area (Å²) in [6.45, 7) is 5.69. The molecule has 4 heteroatoms. The highest BCUT2D eigenvalue weighted by Crippen LogP contribution is 2.32. The first kappa shape index (κ1) is 16.4. The number of benzene rings is 2. The van der Waals surface area contributed by atoms with E-state index in [9.17, 15) is 4.79 Å². The molecule has 0 saturated carbocycles. The standard InChI is InChI=1S/C20H23NO3/c1-3-23-18-12-11-16(14-19(18)24-4-2)20(22)21-13-7-9-15-8-5-6-10-17(15)21/h5-6,8,10-12,14H,3-4,7,9,13H2,1-2H3. The van der Waals surface area contributed by atoms with Gasteiger partial charge in [0.1, 0.15) is 0 Å². The maximum absolute atomic E-state index is 13.0. The molecule has 0 atom stereocenters. The first-order valence-electron chi connectivity index (χ1n) is 8.54. The van der Waals surface area contributed by atoms with Gasteiger partial charge in [-0.2, -0.15) is 0 Å². The van der Waals surface area contributed by atoms with Gasteiger partial charge in [-0.25, -0.2) is 0 Å². The van der Waals surface area contributed by atoms with Crippen molar-refractivity contribution in [1.29, 1.82) is 0 Å². The van der Waals surface area contributed by atoms with Gasteiger partial charge in [-0.15, -0.1) is 0 Å². The van der Waals surface area contributed by atoms with E-state index >= 15 is 0 Å². The third kappa shape index (κ3) is 3.23. The number of aryl methyl sites for hydroxylation is 1. The zero-order valence-electron chi connectivity index (χ0n) is 14.2. The summed E-state index contributed by atoms with van der Waals surface area (Å²) in [5.74, 6) is 1.30. The third-order valence-electron chi connectivity index (χ3n) is 4.15. The van der Waals surface area contributed by atoms with Crippen molar-refractivity contribution in [2.45, 2.75) is 26.7 Å². The van der Waals surface area contributed by atoms with Crippen LogP contribution in [0.1, 0.15) is 36.2 Å². The van der Waals surface area contributed by atoms with Crippen LogP contribution in [-0.4, -0.2) is 25.7 Å². The van der Waals surface area contributed by atoms with Crippen LogP contribution in [0.5, 0.6) is 11.5 Å². The monoisotopic (exact) mass is 325 g/mol. The Bertz CT molecular complexity index is 727. The van der Waals surface area contributed by atoms with Gasteiger partial charge in [0.05, 0.1) is 13.2 Å². The van der Waals surface area contributed by atoms with E-state index in [4.69, 9.17) is 9.47 Å². The number of ether oxygens (including phenoxy) is 2. The van der Waals surface area contributed by atoms with Gasteiger partial charge in [-0.3, -0.25) is 4.79 Å². The van der Waals surface area contributed by atoms with Crippen LogP contribution in [0.4, 0.5) is 5.69 Å². The summed E-state index contributed by atoms with van der Waals surface area (Å²) in [6.07, 6.45) is 2.01. The SMILES string of the molecule is CCOc1ccc(C(=O)N2CCCc3ccccc32)cc1OCC. The Morgan fingerprint density at radius 1 is 1.04 bits per heavy atom. The van der Waals surface area contributed by atoms with E-state index in [0.717, 1.165) is 25.1 Å². The molecule has 1 aliphatic heterocycles. The first-order valence-corrected chi connectivity index (χ1v) is 8.54. The van der Waals surface area contributed by atoms with Crippen molar-refractivity contribution in [3.63, 3.8) is 0 Å². The molecule has 2 aromatic carbocycles. The lowest BCUT2D eigenvalue weighted by Gasteiger charge is -2.29. The lowest BCUT2D eigenvalue weighted by molar-refractivity contribution is 0.0984. The number of hydrogen-bond donors (Lipinski definition) is 0. The molecule has 0 N–H and O–H groups in total. The van der Waals surface area contributed by atoms with Crippen LogP contribution in [0.3, 0.4) is 0 Å². The molecule has 1 aliphatic rings. The predicted molar refractivity (Wildman–Crippen MR) is 95.2 cm³/mol. The predicted octanol–water partition coefficient (Wildman–Crippen LogP) is 4.08. The Kier molecular flexibility index (Phi) is 5.04. The van der Waals surface area contributed by atoms with Gasteiger partial charge in [-0.05, 0) is 56.5 Å². The van der Waals surface area contributed by atoms with Crippen LogP contribution in [0.2, 0.25) is 0 Å². The molecule has 0 aromatic heterocycles. The second-order valence-corrected chi connectivity index (χ2v) is 5.72. The van der Waals surface area contributed by atoms with Crippen molar-refractivity contribution < 1.29 is 14.3 Å². The molecule has 4 nitrogen and oxygen atoms in total. The van der Waals surface area contributed by atoms with Gasteiger partial charge < -0.3 is 14.4 Å². The smallest absolute Gasteiger partial charge is 0.258 e. The zero-order chi connectivity index (χ0) is 16.9. The highest BCUT2D eigenvalue weighted by molar-refractivity contribution is 6.07. The molecule has 0 fully saturated rings. The van der Waals surface area contributed by atoms with E-state index < -0.39 is 0 Å². The number of para-hydroxylation sites is 1. The van der Waals surface area contributed by atoms with Crippen LogP contribution in [0.25, 0.3) is 0 Å². The summed E-state index contributed by atoms with van der Waals surface area (Å²) in [7, 11) is 0. The number of anilines is 1. The second-order valence-electron chi connectivity index (χ2n) is 5.72. The minimum atomic E-state index is 0.00570. The molecule has 0 unspecified atom stereocenters. The highest BCUT2D eigenvalue weighted by Gasteiger charge is 2.24. The Labute approximate surface area is 143 Å². The van der Waals surface area contributed by atoms with Crippen LogP contribution in [-0.2, 0) is 6.42 Å². The van der Waals surface area contributed by atoms with Crippen molar-refractivity contribution in [3.8, 4) is 11.5 Å². The largest absolute Gasteiger partial charge is 0.490 e. The molecule has 2 aromatic rings. The molecule has 0 saturated heterocycles. The van der Waals surface area contributed by atoms with E-state index in [1.807, 2.05) is 49.1 Å². The highest BCUT2D eigenvalue weighted by atomic mass is 16.5. The van der Waals surface area contributed by atoms with E-state index in [-0.39, 0.29) is 5.91 Å². The number of fused-ring (bicyclic) bond motifs is 1. The number of nitrogens with zero attached hydrogens (tertiary/aromatic N) is 1. The normalized spacial score (nSPS) is 13.3. The van der Waals surface area contributed by atoms with Crippen molar-refractivity contribution in [2.24, 2.45) is 0 Å². The molecule has 0 aliphatic carbocycles. The summed E-state index contributed by atoms with van der Waals surface area (Å²) in [5, 5.41) is 0. The van der Waals surface area contributed by atoms with E-state index in [1.165, 1.54) is 5.56 Å². The zero-order valence-corrected chi connectivity index (χ0v) is 14.2. The van der Waals surface area contributed by atoms with Gasteiger partial charge >= 0.3 is 0 Å². The Morgan fingerprint density at radius 2 is 1.79 bits per heavy atom. The quantitative estimate of drug-likeness (QED) is 0.831. The number of carbonyl (C=O) groups is 1. The van der Waals surface area contributed by atoms with Crippen molar-refractivity contribution in [2.75, 3.05) is 24.7 Å².